The Hall–Kier alpha value is -1.92. The van der Waals surface area contributed by atoms with E-state index in [0.717, 1.165) is 24.0 Å². The van der Waals surface area contributed by atoms with Crippen molar-refractivity contribution in [2.45, 2.75) is 59.8 Å². The van der Waals surface area contributed by atoms with Crippen LogP contribution in [0.3, 0.4) is 0 Å². The van der Waals surface area contributed by atoms with E-state index in [2.05, 4.69) is 26.1 Å². The minimum atomic E-state index is -0.673. The number of nitrogens with one attached hydrogen (secondary N) is 1. The number of benzene rings is 1. The Morgan fingerprint density at radius 2 is 1.78 bits per heavy atom. The van der Waals surface area contributed by atoms with Crippen LogP contribution in [0.5, 0.6) is 0 Å². The third-order valence-corrected chi connectivity index (χ3v) is 3.94. The van der Waals surface area contributed by atoms with E-state index in [4.69, 9.17) is 14.2 Å². The molecule has 1 unspecified atom stereocenters. The van der Waals surface area contributed by atoms with Crippen LogP contribution < -0.4 is 5.32 Å². The van der Waals surface area contributed by atoms with E-state index in [-0.39, 0.29) is 12.5 Å². The van der Waals surface area contributed by atoms with Crippen LogP contribution in [-0.2, 0) is 37.0 Å². The van der Waals surface area contributed by atoms with Crippen molar-refractivity contribution in [1.82, 2.24) is 5.32 Å². The molecule has 1 aromatic carbocycles. The Bertz CT molecular complexity index is 573. The van der Waals surface area contributed by atoms with Gasteiger partial charge in [-0.05, 0) is 36.8 Å². The maximum atomic E-state index is 12.0. The summed E-state index contributed by atoms with van der Waals surface area (Å²) < 4.78 is 16.0. The first-order chi connectivity index (χ1) is 12.9. The number of amides is 1. The van der Waals surface area contributed by atoms with Crippen LogP contribution in [0.25, 0.3) is 0 Å². The molecule has 1 N–H and O–H groups in total. The van der Waals surface area contributed by atoms with Gasteiger partial charge >= 0.3 is 5.97 Å². The normalized spacial score (nSPS) is 12.0. The predicted molar refractivity (Wildman–Crippen MR) is 104 cm³/mol. The number of ether oxygens (including phenoxy) is 3. The molecule has 6 nitrogen and oxygen atoms in total. The summed E-state index contributed by atoms with van der Waals surface area (Å²) in [6.07, 6.45) is 1.16. The molecule has 1 aromatic rings. The van der Waals surface area contributed by atoms with Crippen LogP contribution in [0.4, 0.5) is 0 Å². The van der Waals surface area contributed by atoms with Crippen LogP contribution in [0.2, 0.25) is 0 Å². The lowest BCUT2D eigenvalue weighted by molar-refractivity contribution is -0.159. The SMILES string of the molecule is CCCOCc1ccccc1CNC(=O)COC(=O)C(C)OCCC(C)C. The summed E-state index contributed by atoms with van der Waals surface area (Å²) in [4.78, 5) is 23.8. The molecule has 152 valence electrons. The lowest BCUT2D eigenvalue weighted by atomic mass is 10.1. The summed E-state index contributed by atoms with van der Waals surface area (Å²) >= 11 is 0. The van der Waals surface area contributed by atoms with Gasteiger partial charge in [-0.1, -0.05) is 45.0 Å². The molecular formula is C21H33NO5. The van der Waals surface area contributed by atoms with Gasteiger partial charge in [0.2, 0.25) is 0 Å². The Labute approximate surface area is 162 Å². The first kappa shape index (κ1) is 23.1. The molecule has 1 amide bonds. The molecule has 1 rings (SSSR count). The molecule has 0 spiro atoms. The second-order valence-corrected chi connectivity index (χ2v) is 6.90. The number of carbonyl (C=O) groups is 2. The average molecular weight is 379 g/mol. The Balaban J connectivity index is 2.34. The molecule has 0 aromatic heterocycles. The van der Waals surface area contributed by atoms with E-state index >= 15 is 0 Å². The van der Waals surface area contributed by atoms with Gasteiger partial charge in [-0.2, -0.15) is 0 Å². The summed E-state index contributed by atoms with van der Waals surface area (Å²) in [7, 11) is 0. The highest BCUT2D eigenvalue weighted by Gasteiger charge is 2.16. The number of rotatable bonds is 13. The second kappa shape index (κ2) is 13.3. The number of hydrogen-bond donors (Lipinski definition) is 1. The van der Waals surface area contributed by atoms with Gasteiger partial charge in [0.1, 0.15) is 0 Å². The molecule has 0 aliphatic rings. The van der Waals surface area contributed by atoms with E-state index in [0.29, 0.717) is 32.3 Å². The van der Waals surface area contributed by atoms with E-state index in [9.17, 15) is 9.59 Å². The zero-order chi connectivity index (χ0) is 20.1. The first-order valence-corrected chi connectivity index (χ1v) is 9.63. The van der Waals surface area contributed by atoms with Crippen molar-refractivity contribution >= 4 is 11.9 Å². The van der Waals surface area contributed by atoms with Crippen LogP contribution in [-0.4, -0.2) is 37.8 Å². The molecule has 1 atom stereocenters. The van der Waals surface area contributed by atoms with E-state index in [1.165, 1.54) is 0 Å². The van der Waals surface area contributed by atoms with Crippen molar-refractivity contribution in [3.8, 4) is 0 Å². The molecule has 0 saturated heterocycles. The van der Waals surface area contributed by atoms with Gasteiger partial charge < -0.3 is 19.5 Å². The standard InChI is InChI=1S/C21H33NO5/c1-5-11-25-14-19-9-7-6-8-18(19)13-22-20(23)15-27-21(24)17(4)26-12-10-16(2)3/h6-9,16-17H,5,10-15H2,1-4H3,(H,22,23). The fourth-order valence-corrected chi connectivity index (χ4v) is 2.24. The zero-order valence-corrected chi connectivity index (χ0v) is 17.0. The fourth-order valence-electron chi connectivity index (χ4n) is 2.24. The lowest BCUT2D eigenvalue weighted by Gasteiger charge is -2.14. The van der Waals surface area contributed by atoms with Gasteiger partial charge in [0, 0.05) is 19.8 Å². The summed E-state index contributed by atoms with van der Waals surface area (Å²) in [5, 5.41) is 2.77. The Morgan fingerprint density at radius 1 is 1.07 bits per heavy atom. The molecule has 0 fully saturated rings. The summed E-state index contributed by atoms with van der Waals surface area (Å²) in [5.74, 6) is -0.362. The van der Waals surface area contributed by atoms with Gasteiger partial charge in [0.15, 0.2) is 12.7 Å². The highest BCUT2D eigenvalue weighted by Crippen LogP contribution is 2.10. The Kier molecular flexibility index (Phi) is 11.4. The summed E-state index contributed by atoms with van der Waals surface area (Å²) in [5.41, 5.74) is 2.02. The molecule has 0 bridgehead atoms. The van der Waals surface area contributed by atoms with Crippen molar-refractivity contribution in [2.75, 3.05) is 19.8 Å². The monoisotopic (exact) mass is 379 g/mol. The molecule has 0 radical (unpaired) electrons. The van der Waals surface area contributed by atoms with Crippen molar-refractivity contribution in [3.05, 3.63) is 35.4 Å². The zero-order valence-electron chi connectivity index (χ0n) is 17.0. The highest BCUT2D eigenvalue weighted by atomic mass is 16.6. The van der Waals surface area contributed by atoms with Crippen LogP contribution >= 0.6 is 0 Å². The quantitative estimate of drug-likeness (QED) is 0.421. The smallest absolute Gasteiger partial charge is 0.335 e. The van der Waals surface area contributed by atoms with Gasteiger partial charge in [-0.3, -0.25) is 4.79 Å². The third kappa shape index (κ3) is 10.1. The number of hydrogen-bond acceptors (Lipinski definition) is 5. The van der Waals surface area contributed by atoms with Crippen molar-refractivity contribution < 1.29 is 23.8 Å². The van der Waals surface area contributed by atoms with Crippen molar-refractivity contribution in [1.29, 1.82) is 0 Å². The van der Waals surface area contributed by atoms with E-state index < -0.39 is 12.1 Å². The van der Waals surface area contributed by atoms with Crippen LogP contribution in [0.1, 0.15) is 51.7 Å². The lowest BCUT2D eigenvalue weighted by Crippen LogP contribution is -2.32. The van der Waals surface area contributed by atoms with Crippen molar-refractivity contribution in [2.24, 2.45) is 5.92 Å². The molecular weight excluding hydrogens is 346 g/mol. The maximum absolute atomic E-state index is 12.0. The highest BCUT2D eigenvalue weighted by molar-refractivity contribution is 5.81. The van der Waals surface area contributed by atoms with Gasteiger partial charge in [0.25, 0.3) is 5.91 Å². The minimum Gasteiger partial charge on any atom is -0.454 e. The number of carbonyl (C=O) groups excluding carboxylic acids is 2. The Morgan fingerprint density at radius 3 is 2.44 bits per heavy atom. The summed E-state index contributed by atoms with van der Waals surface area (Å²) in [6, 6.07) is 7.79. The molecule has 0 aliphatic carbocycles. The largest absolute Gasteiger partial charge is 0.454 e. The fraction of sp³-hybridized carbons (Fsp3) is 0.619. The maximum Gasteiger partial charge on any atom is 0.335 e. The second-order valence-electron chi connectivity index (χ2n) is 6.90. The molecule has 0 saturated carbocycles. The topological polar surface area (TPSA) is 73.9 Å². The number of esters is 1. The predicted octanol–water partition coefficient (Wildman–Crippen LogP) is 3.22. The van der Waals surface area contributed by atoms with Crippen LogP contribution in [0, 0.1) is 5.92 Å². The van der Waals surface area contributed by atoms with Gasteiger partial charge in [0.05, 0.1) is 6.61 Å². The third-order valence-electron chi connectivity index (χ3n) is 3.94. The average Bonchev–Trinajstić information content (AvgIpc) is 2.65. The minimum absolute atomic E-state index is 0.314. The molecule has 6 heteroatoms. The van der Waals surface area contributed by atoms with Gasteiger partial charge in [-0.25, -0.2) is 4.79 Å². The van der Waals surface area contributed by atoms with E-state index in [1.807, 2.05) is 24.3 Å². The molecule has 0 heterocycles. The summed E-state index contributed by atoms with van der Waals surface area (Å²) in [6.45, 7) is 9.63. The van der Waals surface area contributed by atoms with Crippen LogP contribution in [0.15, 0.2) is 24.3 Å². The molecule has 0 aliphatic heterocycles. The van der Waals surface area contributed by atoms with E-state index in [1.54, 1.807) is 6.92 Å². The molecule has 27 heavy (non-hydrogen) atoms. The first-order valence-electron chi connectivity index (χ1n) is 9.63. The van der Waals surface area contributed by atoms with Crippen molar-refractivity contribution in [3.63, 3.8) is 0 Å². The van der Waals surface area contributed by atoms with Gasteiger partial charge in [-0.15, -0.1) is 0 Å².